The molecule has 2 aliphatic rings. The van der Waals surface area contributed by atoms with Gasteiger partial charge in [0.1, 0.15) is 5.82 Å². The minimum atomic E-state index is -3.49. The predicted octanol–water partition coefficient (Wildman–Crippen LogP) is 1.93. The van der Waals surface area contributed by atoms with E-state index in [0.29, 0.717) is 19.1 Å². The number of hydrogen-bond donors (Lipinski definition) is 0. The summed E-state index contributed by atoms with van der Waals surface area (Å²) in [5.74, 6) is 0.377. The summed E-state index contributed by atoms with van der Waals surface area (Å²) in [5.41, 5.74) is 0. The highest BCUT2D eigenvalue weighted by Gasteiger charge is 2.35. The normalized spacial score (nSPS) is 23.1. The molecule has 6 heteroatoms. The Hall–Kier alpha value is -0.980. The van der Waals surface area contributed by atoms with Gasteiger partial charge in [0.2, 0.25) is 10.0 Å². The fourth-order valence-corrected chi connectivity index (χ4v) is 4.41. The second kappa shape index (κ2) is 5.66. The minimum absolute atomic E-state index is 0.174. The molecule has 1 aliphatic carbocycles. The molecule has 1 aliphatic heterocycles. The molecule has 0 spiro atoms. The predicted molar refractivity (Wildman–Crippen MR) is 78.9 cm³/mol. The monoisotopic (exact) mass is 312 g/mol. The molecular weight excluding hydrogens is 291 g/mol. The van der Waals surface area contributed by atoms with Crippen molar-refractivity contribution >= 4 is 10.0 Å². The molecule has 1 saturated carbocycles. The van der Waals surface area contributed by atoms with Crippen LogP contribution in [0.2, 0.25) is 0 Å². The zero-order valence-electron chi connectivity index (χ0n) is 12.2. The van der Waals surface area contributed by atoms with Crippen LogP contribution in [0.3, 0.4) is 0 Å². The van der Waals surface area contributed by atoms with E-state index in [1.165, 1.54) is 41.4 Å². The average Bonchev–Trinajstić information content (AvgIpc) is 3.32. The molecule has 0 N–H and O–H groups in total. The van der Waals surface area contributed by atoms with Crippen LogP contribution in [-0.2, 0) is 10.0 Å². The van der Waals surface area contributed by atoms with E-state index in [4.69, 9.17) is 0 Å². The van der Waals surface area contributed by atoms with Gasteiger partial charge in [0.05, 0.1) is 4.90 Å². The van der Waals surface area contributed by atoms with E-state index in [1.54, 1.807) is 0 Å². The van der Waals surface area contributed by atoms with Crippen molar-refractivity contribution in [3.8, 4) is 0 Å². The Labute approximate surface area is 125 Å². The number of halogens is 1. The third kappa shape index (κ3) is 3.12. The van der Waals surface area contributed by atoms with Crippen molar-refractivity contribution < 1.29 is 12.8 Å². The maximum atomic E-state index is 12.9. The van der Waals surface area contributed by atoms with E-state index in [9.17, 15) is 12.8 Å². The van der Waals surface area contributed by atoms with Crippen LogP contribution in [0.15, 0.2) is 29.2 Å². The first-order valence-electron chi connectivity index (χ1n) is 7.48. The van der Waals surface area contributed by atoms with Crippen molar-refractivity contribution in [3.63, 3.8) is 0 Å². The van der Waals surface area contributed by atoms with Gasteiger partial charge in [-0.2, -0.15) is 4.31 Å². The van der Waals surface area contributed by atoms with Crippen molar-refractivity contribution in [3.05, 3.63) is 30.1 Å². The summed E-state index contributed by atoms with van der Waals surface area (Å²) in [5, 5.41) is 0. The van der Waals surface area contributed by atoms with Crippen molar-refractivity contribution in [2.75, 3.05) is 26.2 Å². The van der Waals surface area contributed by atoms with Crippen molar-refractivity contribution in [2.24, 2.45) is 5.92 Å². The molecule has 1 aromatic carbocycles. The van der Waals surface area contributed by atoms with Gasteiger partial charge in [-0.05, 0) is 49.9 Å². The van der Waals surface area contributed by atoms with Crippen LogP contribution in [0.25, 0.3) is 0 Å². The van der Waals surface area contributed by atoms with Gasteiger partial charge in [-0.1, -0.05) is 0 Å². The zero-order valence-corrected chi connectivity index (χ0v) is 13.0. The number of piperazine rings is 1. The second-order valence-electron chi connectivity index (χ2n) is 5.97. The third-order valence-corrected chi connectivity index (χ3v) is 6.52. The second-order valence-corrected chi connectivity index (χ2v) is 7.91. The first kappa shape index (κ1) is 14.9. The smallest absolute Gasteiger partial charge is 0.243 e. The van der Waals surface area contributed by atoms with Gasteiger partial charge < -0.3 is 0 Å². The molecule has 0 bridgehead atoms. The lowest BCUT2D eigenvalue weighted by Crippen LogP contribution is -2.51. The van der Waals surface area contributed by atoms with Crippen LogP contribution in [0.4, 0.5) is 4.39 Å². The number of benzene rings is 1. The third-order valence-electron chi connectivity index (χ3n) is 4.60. The molecule has 1 saturated heterocycles. The first-order valence-corrected chi connectivity index (χ1v) is 8.92. The Morgan fingerprint density at radius 1 is 1.10 bits per heavy atom. The molecule has 1 unspecified atom stereocenters. The van der Waals surface area contributed by atoms with E-state index in [-0.39, 0.29) is 4.90 Å². The van der Waals surface area contributed by atoms with E-state index < -0.39 is 15.8 Å². The van der Waals surface area contributed by atoms with Crippen molar-refractivity contribution in [2.45, 2.75) is 30.7 Å². The van der Waals surface area contributed by atoms with E-state index >= 15 is 0 Å². The van der Waals surface area contributed by atoms with E-state index in [0.717, 1.165) is 19.0 Å². The first-order chi connectivity index (χ1) is 9.98. The van der Waals surface area contributed by atoms with Gasteiger partial charge in [-0.25, -0.2) is 12.8 Å². The van der Waals surface area contributed by atoms with Crippen LogP contribution >= 0.6 is 0 Å². The Bertz CT molecular complexity index is 591. The van der Waals surface area contributed by atoms with Crippen LogP contribution in [0.5, 0.6) is 0 Å². The molecule has 4 nitrogen and oxygen atoms in total. The fraction of sp³-hybridized carbons (Fsp3) is 0.600. The van der Waals surface area contributed by atoms with E-state index in [1.807, 2.05) is 0 Å². The van der Waals surface area contributed by atoms with Gasteiger partial charge in [-0.3, -0.25) is 4.90 Å². The van der Waals surface area contributed by atoms with Crippen molar-refractivity contribution in [1.82, 2.24) is 9.21 Å². The Balaban J connectivity index is 1.66. The molecule has 1 aromatic rings. The van der Waals surface area contributed by atoms with Crippen LogP contribution in [0, 0.1) is 11.7 Å². The van der Waals surface area contributed by atoms with Gasteiger partial charge in [0.25, 0.3) is 0 Å². The molecule has 3 rings (SSSR count). The van der Waals surface area contributed by atoms with Gasteiger partial charge >= 0.3 is 0 Å². The Kier molecular flexibility index (Phi) is 4.03. The molecule has 1 atom stereocenters. The van der Waals surface area contributed by atoms with Gasteiger partial charge in [0.15, 0.2) is 0 Å². The lowest BCUT2D eigenvalue weighted by molar-refractivity contribution is 0.133. The average molecular weight is 312 g/mol. The highest BCUT2D eigenvalue weighted by atomic mass is 32.2. The SMILES string of the molecule is CC(C1CC1)N1CCN(S(=O)(=O)c2ccc(F)cc2)CC1. The molecule has 116 valence electrons. The fourth-order valence-electron chi connectivity index (χ4n) is 2.98. The summed E-state index contributed by atoms with van der Waals surface area (Å²) in [6.07, 6.45) is 2.60. The maximum Gasteiger partial charge on any atom is 0.243 e. The topological polar surface area (TPSA) is 40.6 Å². The summed E-state index contributed by atoms with van der Waals surface area (Å²) in [4.78, 5) is 2.56. The summed E-state index contributed by atoms with van der Waals surface area (Å²) < 4.78 is 39.4. The highest BCUT2D eigenvalue weighted by molar-refractivity contribution is 7.89. The summed E-state index contributed by atoms with van der Waals surface area (Å²) in [7, 11) is -3.49. The van der Waals surface area contributed by atoms with Gasteiger partial charge in [0, 0.05) is 32.2 Å². The molecule has 0 amide bonds. The number of hydrogen-bond acceptors (Lipinski definition) is 3. The summed E-state index contributed by atoms with van der Waals surface area (Å²) in [6, 6.07) is 5.62. The lowest BCUT2D eigenvalue weighted by atomic mass is 10.1. The minimum Gasteiger partial charge on any atom is -0.298 e. The standard InChI is InChI=1S/C15H21FN2O2S/c1-12(13-2-3-13)17-8-10-18(11-9-17)21(19,20)15-6-4-14(16)5-7-15/h4-7,12-13H,2-3,8-11H2,1H3. The van der Waals surface area contributed by atoms with Crippen LogP contribution < -0.4 is 0 Å². The molecule has 1 heterocycles. The van der Waals surface area contributed by atoms with Crippen molar-refractivity contribution in [1.29, 1.82) is 0 Å². The van der Waals surface area contributed by atoms with Crippen LogP contribution in [-0.4, -0.2) is 49.8 Å². The number of sulfonamides is 1. The Morgan fingerprint density at radius 3 is 2.19 bits per heavy atom. The number of rotatable bonds is 4. The molecule has 2 fully saturated rings. The zero-order chi connectivity index (χ0) is 15.0. The Morgan fingerprint density at radius 2 is 1.67 bits per heavy atom. The lowest BCUT2D eigenvalue weighted by Gasteiger charge is -2.37. The molecule has 0 aromatic heterocycles. The maximum absolute atomic E-state index is 12.9. The molecular formula is C15H21FN2O2S. The quantitative estimate of drug-likeness (QED) is 0.853. The van der Waals surface area contributed by atoms with Gasteiger partial charge in [-0.15, -0.1) is 0 Å². The highest BCUT2D eigenvalue weighted by Crippen LogP contribution is 2.35. The van der Waals surface area contributed by atoms with Crippen LogP contribution in [0.1, 0.15) is 19.8 Å². The van der Waals surface area contributed by atoms with E-state index in [2.05, 4.69) is 11.8 Å². The molecule has 0 radical (unpaired) electrons. The summed E-state index contributed by atoms with van der Waals surface area (Å²) >= 11 is 0. The largest absolute Gasteiger partial charge is 0.298 e. The number of nitrogens with zero attached hydrogens (tertiary/aromatic N) is 2. The summed E-state index contributed by atoms with van der Waals surface area (Å²) in [6.45, 7) is 4.81. The molecule has 21 heavy (non-hydrogen) atoms.